The lowest BCUT2D eigenvalue weighted by Gasteiger charge is -2.14. The van der Waals surface area contributed by atoms with Crippen LogP contribution in [0.5, 0.6) is 0 Å². The molecular weight excluding hydrogens is 264 g/mol. The number of aromatic nitrogens is 2. The second-order valence-electron chi connectivity index (χ2n) is 4.30. The summed E-state index contributed by atoms with van der Waals surface area (Å²) in [5, 5.41) is 15.1. The second kappa shape index (κ2) is 5.52. The summed E-state index contributed by atoms with van der Waals surface area (Å²) >= 11 is 0. The van der Waals surface area contributed by atoms with Gasteiger partial charge in [-0.3, -0.25) is 5.10 Å². The first-order chi connectivity index (χ1) is 8.97. The molecule has 0 bridgehead atoms. The van der Waals surface area contributed by atoms with Gasteiger partial charge in [0.05, 0.1) is 4.90 Å². The first-order valence-electron chi connectivity index (χ1n) is 5.81. The third kappa shape index (κ3) is 3.63. The maximum Gasteiger partial charge on any atom is 0.238 e. The lowest BCUT2D eigenvalue weighted by Crippen LogP contribution is -2.19. The van der Waals surface area contributed by atoms with Gasteiger partial charge in [0.2, 0.25) is 10.0 Å². The van der Waals surface area contributed by atoms with Crippen LogP contribution in [0.15, 0.2) is 41.4 Å². The number of aromatic amines is 1. The van der Waals surface area contributed by atoms with Crippen LogP contribution in [0.25, 0.3) is 0 Å². The SMILES string of the molecule is CC(NCc1ccn[nH]1)c1cccc(S(N)(=O)=O)c1. The summed E-state index contributed by atoms with van der Waals surface area (Å²) in [6, 6.07) is 8.49. The monoisotopic (exact) mass is 280 g/mol. The van der Waals surface area contributed by atoms with Crippen LogP contribution in [0.1, 0.15) is 24.2 Å². The molecule has 102 valence electrons. The summed E-state index contributed by atoms with van der Waals surface area (Å²) in [4.78, 5) is 0.125. The van der Waals surface area contributed by atoms with Gasteiger partial charge in [0, 0.05) is 24.5 Å². The zero-order valence-electron chi connectivity index (χ0n) is 10.5. The van der Waals surface area contributed by atoms with Crippen molar-refractivity contribution in [1.82, 2.24) is 15.5 Å². The van der Waals surface area contributed by atoms with Crippen molar-refractivity contribution in [3.63, 3.8) is 0 Å². The molecule has 2 aromatic rings. The van der Waals surface area contributed by atoms with Crippen LogP contribution in [0, 0.1) is 0 Å². The van der Waals surface area contributed by atoms with Gasteiger partial charge in [-0.05, 0) is 30.7 Å². The predicted octanol–water partition coefficient (Wildman–Crippen LogP) is 0.908. The molecule has 1 heterocycles. The normalized spacial score (nSPS) is 13.4. The van der Waals surface area contributed by atoms with Crippen LogP contribution in [0.3, 0.4) is 0 Å². The van der Waals surface area contributed by atoms with Crippen LogP contribution in [-0.4, -0.2) is 18.6 Å². The Morgan fingerprint density at radius 2 is 2.21 bits per heavy atom. The van der Waals surface area contributed by atoms with Crippen LogP contribution >= 0.6 is 0 Å². The molecule has 1 unspecified atom stereocenters. The van der Waals surface area contributed by atoms with Gasteiger partial charge in [-0.2, -0.15) is 5.10 Å². The Labute approximate surface area is 112 Å². The number of nitrogens with zero attached hydrogens (tertiary/aromatic N) is 1. The van der Waals surface area contributed by atoms with Crippen LogP contribution in [-0.2, 0) is 16.6 Å². The van der Waals surface area contributed by atoms with Gasteiger partial charge in [-0.15, -0.1) is 0 Å². The molecule has 0 fully saturated rings. The van der Waals surface area contributed by atoms with E-state index in [0.717, 1.165) is 11.3 Å². The smallest absolute Gasteiger partial charge is 0.238 e. The zero-order chi connectivity index (χ0) is 13.9. The van der Waals surface area contributed by atoms with Gasteiger partial charge < -0.3 is 5.32 Å². The van der Waals surface area contributed by atoms with E-state index in [0.29, 0.717) is 6.54 Å². The Kier molecular flexibility index (Phi) is 3.98. The van der Waals surface area contributed by atoms with E-state index in [1.165, 1.54) is 6.07 Å². The number of primary sulfonamides is 1. The number of sulfonamides is 1. The van der Waals surface area contributed by atoms with Crippen molar-refractivity contribution in [3.8, 4) is 0 Å². The largest absolute Gasteiger partial charge is 0.305 e. The number of nitrogens with one attached hydrogen (secondary N) is 2. The Morgan fingerprint density at radius 1 is 1.42 bits per heavy atom. The molecule has 0 aliphatic rings. The summed E-state index contributed by atoms with van der Waals surface area (Å²) < 4.78 is 22.6. The molecule has 0 aliphatic carbocycles. The molecule has 1 atom stereocenters. The van der Waals surface area contributed by atoms with E-state index in [1.807, 2.05) is 19.1 Å². The molecule has 7 heteroatoms. The molecule has 0 amide bonds. The molecule has 0 aliphatic heterocycles. The minimum Gasteiger partial charge on any atom is -0.305 e. The first kappa shape index (κ1) is 13.7. The number of nitrogens with two attached hydrogens (primary N) is 1. The summed E-state index contributed by atoms with van der Waals surface area (Å²) in [6.07, 6.45) is 1.68. The summed E-state index contributed by atoms with van der Waals surface area (Å²) in [5.74, 6) is 0. The molecule has 0 spiro atoms. The maximum absolute atomic E-state index is 11.3. The van der Waals surface area contributed by atoms with Gasteiger partial charge in [0.15, 0.2) is 0 Å². The minimum atomic E-state index is -3.66. The van der Waals surface area contributed by atoms with E-state index in [-0.39, 0.29) is 10.9 Å². The van der Waals surface area contributed by atoms with E-state index in [4.69, 9.17) is 5.14 Å². The van der Waals surface area contributed by atoms with Crippen LogP contribution in [0.4, 0.5) is 0 Å². The molecule has 1 aromatic carbocycles. The second-order valence-corrected chi connectivity index (χ2v) is 5.86. The number of rotatable bonds is 5. The van der Waals surface area contributed by atoms with Crippen molar-refractivity contribution in [3.05, 3.63) is 47.8 Å². The highest BCUT2D eigenvalue weighted by atomic mass is 32.2. The molecule has 0 radical (unpaired) electrons. The Hall–Kier alpha value is -1.70. The van der Waals surface area contributed by atoms with E-state index >= 15 is 0 Å². The number of benzene rings is 1. The summed E-state index contributed by atoms with van der Waals surface area (Å²) in [7, 11) is -3.66. The van der Waals surface area contributed by atoms with Crippen molar-refractivity contribution in [1.29, 1.82) is 0 Å². The third-order valence-electron chi connectivity index (χ3n) is 2.84. The van der Waals surface area contributed by atoms with Gasteiger partial charge in [0.1, 0.15) is 0 Å². The fourth-order valence-electron chi connectivity index (χ4n) is 1.72. The highest BCUT2D eigenvalue weighted by Crippen LogP contribution is 2.16. The number of hydrogen-bond donors (Lipinski definition) is 3. The maximum atomic E-state index is 11.3. The zero-order valence-corrected chi connectivity index (χ0v) is 11.3. The lowest BCUT2D eigenvalue weighted by molar-refractivity contribution is 0.565. The van der Waals surface area contributed by atoms with E-state index in [9.17, 15) is 8.42 Å². The van der Waals surface area contributed by atoms with E-state index in [2.05, 4.69) is 15.5 Å². The van der Waals surface area contributed by atoms with Crippen LogP contribution in [0.2, 0.25) is 0 Å². The molecule has 0 saturated carbocycles. The average molecular weight is 280 g/mol. The van der Waals surface area contributed by atoms with Crippen molar-refractivity contribution < 1.29 is 8.42 Å². The number of hydrogen-bond acceptors (Lipinski definition) is 4. The minimum absolute atomic E-state index is 0.00463. The van der Waals surface area contributed by atoms with Gasteiger partial charge >= 0.3 is 0 Å². The van der Waals surface area contributed by atoms with Crippen molar-refractivity contribution in [2.75, 3.05) is 0 Å². The van der Waals surface area contributed by atoms with Gasteiger partial charge in [0.25, 0.3) is 0 Å². The van der Waals surface area contributed by atoms with Crippen molar-refractivity contribution >= 4 is 10.0 Å². The Balaban J connectivity index is 2.09. The number of H-pyrrole nitrogens is 1. The highest BCUT2D eigenvalue weighted by Gasteiger charge is 2.11. The molecular formula is C12H16N4O2S. The average Bonchev–Trinajstić information content (AvgIpc) is 2.88. The molecule has 1 aromatic heterocycles. The van der Waals surface area contributed by atoms with Crippen molar-refractivity contribution in [2.45, 2.75) is 24.4 Å². The fraction of sp³-hybridized carbons (Fsp3) is 0.250. The lowest BCUT2D eigenvalue weighted by atomic mass is 10.1. The van der Waals surface area contributed by atoms with Crippen LogP contribution < -0.4 is 10.5 Å². The summed E-state index contributed by atoms with van der Waals surface area (Å²) in [5.41, 5.74) is 1.83. The fourth-order valence-corrected chi connectivity index (χ4v) is 2.29. The highest BCUT2D eigenvalue weighted by molar-refractivity contribution is 7.89. The Bertz CT molecular complexity index is 638. The standard InChI is InChI=1S/C12H16N4O2S/c1-9(14-8-11-5-6-15-16-11)10-3-2-4-12(7-10)19(13,17)18/h2-7,9,14H,8H2,1H3,(H,15,16)(H2,13,17,18). The molecule has 0 saturated heterocycles. The predicted molar refractivity (Wildman–Crippen MR) is 71.7 cm³/mol. The molecule has 19 heavy (non-hydrogen) atoms. The Morgan fingerprint density at radius 3 is 2.84 bits per heavy atom. The molecule has 6 nitrogen and oxygen atoms in total. The third-order valence-corrected chi connectivity index (χ3v) is 3.75. The van der Waals surface area contributed by atoms with E-state index in [1.54, 1.807) is 18.3 Å². The first-order valence-corrected chi connectivity index (χ1v) is 7.36. The van der Waals surface area contributed by atoms with Gasteiger partial charge in [-0.1, -0.05) is 12.1 Å². The van der Waals surface area contributed by atoms with Crippen molar-refractivity contribution in [2.24, 2.45) is 5.14 Å². The van der Waals surface area contributed by atoms with E-state index < -0.39 is 10.0 Å². The molecule has 2 rings (SSSR count). The quantitative estimate of drug-likeness (QED) is 0.757. The van der Waals surface area contributed by atoms with Gasteiger partial charge in [-0.25, -0.2) is 13.6 Å². The topological polar surface area (TPSA) is 101 Å². The summed E-state index contributed by atoms with van der Waals surface area (Å²) in [6.45, 7) is 2.58. The molecule has 4 N–H and O–H groups in total.